The maximum absolute atomic E-state index is 13.2. The molecular formula is C22H20N2O5S. The Morgan fingerprint density at radius 2 is 1.87 bits per heavy atom. The number of carbonyl (C=O) groups excluding carboxylic acids is 2. The van der Waals surface area contributed by atoms with Gasteiger partial charge in [0.05, 0.1) is 5.69 Å². The van der Waals surface area contributed by atoms with Crippen LogP contribution in [0.15, 0.2) is 54.1 Å². The van der Waals surface area contributed by atoms with E-state index < -0.39 is 23.9 Å². The number of rotatable bonds is 6. The highest BCUT2D eigenvalue weighted by molar-refractivity contribution is 7.80. The molecular weight excluding hydrogens is 404 g/mol. The van der Waals surface area contributed by atoms with Gasteiger partial charge < -0.3 is 9.84 Å². The second kappa shape index (κ2) is 8.87. The fourth-order valence-corrected chi connectivity index (χ4v) is 3.28. The van der Waals surface area contributed by atoms with Crippen molar-refractivity contribution in [2.75, 3.05) is 4.90 Å². The van der Waals surface area contributed by atoms with Gasteiger partial charge in [0.2, 0.25) is 0 Å². The van der Waals surface area contributed by atoms with E-state index in [4.69, 9.17) is 22.1 Å². The highest BCUT2D eigenvalue weighted by Gasteiger charge is 2.35. The lowest BCUT2D eigenvalue weighted by molar-refractivity contribution is -0.144. The number of thiocarbonyl (C=S) groups is 1. The first-order chi connectivity index (χ1) is 14.3. The van der Waals surface area contributed by atoms with E-state index in [1.165, 1.54) is 17.9 Å². The van der Waals surface area contributed by atoms with Gasteiger partial charge in [-0.15, -0.1) is 0 Å². The molecule has 2 aromatic carbocycles. The number of carboxylic acids is 1. The number of anilines is 1. The fourth-order valence-electron chi connectivity index (χ4n) is 3.01. The number of aliphatic carboxylic acids is 1. The first-order valence-electron chi connectivity index (χ1n) is 9.31. The minimum absolute atomic E-state index is 0.00656. The van der Waals surface area contributed by atoms with Crippen LogP contribution >= 0.6 is 12.2 Å². The Labute approximate surface area is 179 Å². The molecule has 3 rings (SSSR count). The first-order valence-corrected chi connectivity index (χ1v) is 9.72. The third kappa shape index (κ3) is 4.23. The molecule has 2 amide bonds. The van der Waals surface area contributed by atoms with Crippen molar-refractivity contribution < 1.29 is 24.2 Å². The Balaban J connectivity index is 2.03. The molecule has 30 heavy (non-hydrogen) atoms. The molecule has 154 valence electrons. The van der Waals surface area contributed by atoms with Crippen LogP contribution in [0.25, 0.3) is 6.08 Å². The molecule has 0 bridgehead atoms. The standard InChI is InChI=1S/C22H20N2O5S/c1-3-14-8-4-6-10-17(14)24-20(26)16(19(25)23-22(24)30)12-15-9-5-7-11-18(15)29-13(2)21(27)28/h4-13H,3H2,1-2H3,(H,27,28)(H,23,25,30)/b16-12+/t13-/m0/s1. The fraction of sp³-hybridized carbons (Fsp3) is 0.182. The van der Waals surface area contributed by atoms with Crippen LogP contribution in [0, 0.1) is 0 Å². The zero-order valence-corrected chi connectivity index (χ0v) is 17.2. The zero-order chi connectivity index (χ0) is 21.8. The predicted octanol–water partition coefficient (Wildman–Crippen LogP) is 2.93. The molecule has 1 fully saturated rings. The van der Waals surface area contributed by atoms with Crippen LogP contribution in [0.1, 0.15) is 25.0 Å². The van der Waals surface area contributed by atoms with Crippen molar-refractivity contribution in [1.82, 2.24) is 5.32 Å². The molecule has 0 aliphatic carbocycles. The molecule has 0 unspecified atom stereocenters. The summed E-state index contributed by atoms with van der Waals surface area (Å²) < 4.78 is 5.46. The molecule has 0 saturated carbocycles. The van der Waals surface area contributed by atoms with Crippen LogP contribution in [0.5, 0.6) is 5.75 Å². The van der Waals surface area contributed by atoms with Gasteiger partial charge in [0.1, 0.15) is 11.3 Å². The van der Waals surface area contributed by atoms with Gasteiger partial charge in [-0.05, 0) is 49.3 Å². The highest BCUT2D eigenvalue weighted by atomic mass is 32.1. The van der Waals surface area contributed by atoms with E-state index in [1.54, 1.807) is 36.4 Å². The number of nitrogens with one attached hydrogen (secondary N) is 1. The number of hydrogen-bond acceptors (Lipinski definition) is 5. The van der Waals surface area contributed by atoms with Crippen molar-refractivity contribution in [3.05, 3.63) is 65.2 Å². The van der Waals surface area contributed by atoms with Gasteiger partial charge in [0.15, 0.2) is 11.2 Å². The number of hydrogen-bond donors (Lipinski definition) is 2. The molecule has 7 nitrogen and oxygen atoms in total. The molecule has 2 aromatic rings. The van der Waals surface area contributed by atoms with Gasteiger partial charge >= 0.3 is 5.97 Å². The van der Waals surface area contributed by atoms with Crippen LogP contribution in [0.4, 0.5) is 5.69 Å². The molecule has 1 aliphatic rings. The summed E-state index contributed by atoms with van der Waals surface area (Å²) in [4.78, 5) is 38.2. The van der Waals surface area contributed by atoms with Crippen molar-refractivity contribution in [2.45, 2.75) is 26.4 Å². The van der Waals surface area contributed by atoms with E-state index in [-0.39, 0.29) is 16.4 Å². The highest BCUT2D eigenvalue weighted by Crippen LogP contribution is 2.28. The van der Waals surface area contributed by atoms with E-state index in [2.05, 4.69) is 5.32 Å². The molecule has 1 aliphatic heterocycles. The number of carboxylic acid groups (broad SMARTS) is 1. The molecule has 0 radical (unpaired) electrons. The second-order valence-electron chi connectivity index (χ2n) is 6.58. The smallest absolute Gasteiger partial charge is 0.344 e. The second-order valence-corrected chi connectivity index (χ2v) is 6.96. The minimum atomic E-state index is -1.13. The lowest BCUT2D eigenvalue weighted by Gasteiger charge is -2.30. The lowest BCUT2D eigenvalue weighted by Crippen LogP contribution is -2.54. The van der Waals surface area contributed by atoms with Crippen molar-refractivity contribution in [2.24, 2.45) is 0 Å². The van der Waals surface area contributed by atoms with Crippen molar-refractivity contribution >= 4 is 46.9 Å². The number of aryl methyl sites for hydroxylation is 1. The summed E-state index contributed by atoms with van der Waals surface area (Å²) in [6.45, 7) is 3.36. The van der Waals surface area contributed by atoms with Crippen LogP contribution in [-0.2, 0) is 20.8 Å². The topological polar surface area (TPSA) is 95.9 Å². The van der Waals surface area contributed by atoms with Gasteiger partial charge in [0, 0.05) is 5.56 Å². The van der Waals surface area contributed by atoms with Crippen LogP contribution in [0.3, 0.4) is 0 Å². The molecule has 8 heteroatoms. The monoisotopic (exact) mass is 424 g/mol. The molecule has 1 saturated heterocycles. The summed E-state index contributed by atoms with van der Waals surface area (Å²) in [5, 5.41) is 11.7. The molecule has 0 aromatic heterocycles. The number of benzene rings is 2. The number of para-hydroxylation sites is 2. The number of ether oxygens (including phenoxy) is 1. The lowest BCUT2D eigenvalue weighted by atomic mass is 10.0. The van der Waals surface area contributed by atoms with E-state index >= 15 is 0 Å². The van der Waals surface area contributed by atoms with Gasteiger partial charge in [-0.25, -0.2) is 4.79 Å². The summed E-state index contributed by atoms with van der Waals surface area (Å²) in [7, 11) is 0. The molecule has 0 spiro atoms. The Kier molecular flexibility index (Phi) is 6.27. The van der Waals surface area contributed by atoms with E-state index in [0.717, 1.165) is 5.56 Å². The Morgan fingerprint density at radius 1 is 1.20 bits per heavy atom. The van der Waals surface area contributed by atoms with Gasteiger partial charge in [-0.3, -0.25) is 19.8 Å². The SMILES string of the molecule is CCc1ccccc1N1C(=O)/C(=C/c2ccccc2O[C@@H](C)C(=O)O)C(=O)NC1=S. The van der Waals surface area contributed by atoms with Crippen LogP contribution < -0.4 is 15.0 Å². The van der Waals surface area contributed by atoms with Gasteiger partial charge in [-0.2, -0.15) is 0 Å². The van der Waals surface area contributed by atoms with E-state index in [9.17, 15) is 14.4 Å². The maximum Gasteiger partial charge on any atom is 0.344 e. The summed E-state index contributed by atoms with van der Waals surface area (Å²) in [5.41, 5.74) is 1.78. The third-order valence-corrected chi connectivity index (χ3v) is 4.87. The normalized spacial score (nSPS) is 16.4. The van der Waals surface area contributed by atoms with Gasteiger partial charge in [0.25, 0.3) is 11.8 Å². The molecule has 1 heterocycles. The average molecular weight is 424 g/mol. The van der Waals surface area contributed by atoms with E-state index in [0.29, 0.717) is 17.7 Å². The minimum Gasteiger partial charge on any atom is -0.479 e. The predicted molar refractivity (Wildman–Crippen MR) is 116 cm³/mol. The van der Waals surface area contributed by atoms with Gasteiger partial charge in [-0.1, -0.05) is 43.3 Å². The van der Waals surface area contributed by atoms with Crippen LogP contribution in [-0.4, -0.2) is 34.1 Å². The van der Waals surface area contributed by atoms with Crippen LogP contribution in [0.2, 0.25) is 0 Å². The number of carbonyl (C=O) groups is 3. The Bertz CT molecular complexity index is 1060. The average Bonchev–Trinajstić information content (AvgIpc) is 2.72. The van der Waals surface area contributed by atoms with E-state index in [1.807, 2.05) is 19.1 Å². The number of nitrogens with zero attached hydrogens (tertiary/aromatic N) is 1. The Morgan fingerprint density at radius 3 is 2.57 bits per heavy atom. The van der Waals surface area contributed by atoms with Crippen molar-refractivity contribution in [3.63, 3.8) is 0 Å². The molecule has 2 N–H and O–H groups in total. The Hall–Kier alpha value is -3.52. The van der Waals surface area contributed by atoms with Crippen molar-refractivity contribution in [1.29, 1.82) is 0 Å². The molecule has 1 atom stereocenters. The summed E-state index contributed by atoms with van der Waals surface area (Å²) in [6.07, 6.45) is 0.963. The third-order valence-electron chi connectivity index (χ3n) is 4.59. The van der Waals surface area contributed by atoms with Crippen molar-refractivity contribution in [3.8, 4) is 5.75 Å². The maximum atomic E-state index is 13.2. The summed E-state index contributed by atoms with van der Waals surface area (Å²) in [5.74, 6) is -2.08. The zero-order valence-electron chi connectivity index (χ0n) is 16.4. The quantitative estimate of drug-likeness (QED) is 0.421. The largest absolute Gasteiger partial charge is 0.479 e. The summed E-state index contributed by atoms with van der Waals surface area (Å²) >= 11 is 5.26. The summed E-state index contributed by atoms with van der Waals surface area (Å²) in [6, 6.07) is 13.9. The first kappa shape index (κ1) is 21.2. The number of amides is 2.